The molecule has 0 spiro atoms. The van der Waals surface area contributed by atoms with E-state index in [1.54, 1.807) is 0 Å². The summed E-state index contributed by atoms with van der Waals surface area (Å²) >= 11 is 1.87. The molecule has 0 radical (unpaired) electrons. The van der Waals surface area contributed by atoms with Crippen molar-refractivity contribution >= 4 is 17.7 Å². The summed E-state index contributed by atoms with van der Waals surface area (Å²) in [5, 5.41) is 0.310. The lowest BCUT2D eigenvalue weighted by atomic mass is 10.1. The number of aryl methyl sites for hydroxylation is 1. The SMILES string of the molecule is COC(=O)CC1(CSC(CN)c2cccc(C)c2)CC1. The average molecular weight is 293 g/mol. The van der Waals surface area contributed by atoms with Crippen molar-refractivity contribution in [3.63, 3.8) is 0 Å². The van der Waals surface area contributed by atoms with Gasteiger partial charge in [-0.05, 0) is 30.7 Å². The smallest absolute Gasteiger partial charge is 0.306 e. The summed E-state index contributed by atoms with van der Waals surface area (Å²) < 4.78 is 4.79. The number of carbonyl (C=O) groups excluding carboxylic acids is 1. The normalized spacial score (nSPS) is 17.6. The van der Waals surface area contributed by atoms with E-state index in [1.807, 2.05) is 11.8 Å². The van der Waals surface area contributed by atoms with Crippen molar-refractivity contribution in [3.05, 3.63) is 35.4 Å². The lowest BCUT2D eigenvalue weighted by Crippen LogP contribution is -2.16. The Morgan fingerprint density at radius 1 is 1.50 bits per heavy atom. The zero-order valence-electron chi connectivity index (χ0n) is 12.2. The van der Waals surface area contributed by atoms with Gasteiger partial charge in [0.25, 0.3) is 0 Å². The Kier molecular flexibility index (Phi) is 5.11. The molecule has 1 atom stereocenters. The molecule has 0 amide bonds. The Labute approximate surface area is 125 Å². The van der Waals surface area contributed by atoms with E-state index in [0.717, 1.165) is 18.6 Å². The van der Waals surface area contributed by atoms with Crippen LogP contribution < -0.4 is 5.73 Å². The number of nitrogens with two attached hydrogens (primary N) is 1. The van der Waals surface area contributed by atoms with E-state index in [-0.39, 0.29) is 11.4 Å². The molecule has 2 N–H and O–H groups in total. The molecule has 110 valence electrons. The van der Waals surface area contributed by atoms with Crippen LogP contribution in [-0.2, 0) is 9.53 Å². The van der Waals surface area contributed by atoms with Crippen LogP contribution >= 0.6 is 11.8 Å². The molecule has 20 heavy (non-hydrogen) atoms. The number of rotatable bonds is 7. The lowest BCUT2D eigenvalue weighted by molar-refractivity contribution is -0.141. The third kappa shape index (κ3) is 4.00. The van der Waals surface area contributed by atoms with Gasteiger partial charge in [-0.25, -0.2) is 0 Å². The number of hydrogen-bond donors (Lipinski definition) is 1. The first kappa shape index (κ1) is 15.4. The van der Waals surface area contributed by atoms with Crippen LogP contribution in [0.2, 0.25) is 0 Å². The summed E-state index contributed by atoms with van der Waals surface area (Å²) in [4.78, 5) is 11.4. The molecule has 1 fully saturated rings. The largest absolute Gasteiger partial charge is 0.469 e. The van der Waals surface area contributed by atoms with Crippen molar-refractivity contribution in [1.82, 2.24) is 0 Å². The molecule has 3 nitrogen and oxygen atoms in total. The molecule has 0 heterocycles. The van der Waals surface area contributed by atoms with Crippen LogP contribution in [0.3, 0.4) is 0 Å². The van der Waals surface area contributed by atoms with Crippen LogP contribution in [0, 0.1) is 12.3 Å². The number of benzene rings is 1. The second kappa shape index (κ2) is 6.64. The lowest BCUT2D eigenvalue weighted by Gasteiger charge is -2.19. The first-order valence-electron chi connectivity index (χ1n) is 7.04. The van der Waals surface area contributed by atoms with Gasteiger partial charge in [0.15, 0.2) is 0 Å². The highest BCUT2D eigenvalue weighted by Gasteiger charge is 2.44. The Hall–Kier alpha value is -1.00. The Morgan fingerprint density at radius 3 is 2.80 bits per heavy atom. The fourth-order valence-electron chi connectivity index (χ4n) is 2.38. The highest BCUT2D eigenvalue weighted by molar-refractivity contribution is 7.99. The number of hydrogen-bond acceptors (Lipinski definition) is 4. The molecule has 0 saturated heterocycles. The van der Waals surface area contributed by atoms with E-state index in [4.69, 9.17) is 10.5 Å². The van der Waals surface area contributed by atoms with E-state index in [2.05, 4.69) is 31.2 Å². The van der Waals surface area contributed by atoms with Crippen LogP contribution in [0.25, 0.3) is 0 Å². The number of methoxy groups -OCH3 is 1. The molecule has 1 unspecified atom stereocenters. The molecule has 0 bridgehead atoms. The van der Waals surface area contributed by atoms with Gasteiger partial charge in [0, 0.05) is 17.5 Å². The molecule has 1 aliphatic rings. The van der Waals surface area contributed by atoms with Gasteiger partial charge in [-0.1, -0.05) is 29.8 Å². The van der Waals surface area contributed by atoms with Gasteiger partial charge in [-0.3, -0.25) is 4.79 Å². The van der Waals surface area contributed by atoms with Crippen molar-refractivity contribution in [3.8, 4) is 0 Å². The van der Waals surface area contributed by atoms with Crippen LogP contribution in [0.4, 0.5) is 0 Å². The van der Waals surface area contributed by atoms with Crippen LogP contribution in [0.1, 0.15) is 35.6 Å². The Bertz CT molecular complexity index is 471. The molecule has 1 aliphatic carbocycles. The summed E-state index contributed by atoms with van der Waals surface area (Å²) in [5.41, 5.74) is 8.63. The fourth-order valence-corrected chi connectivity index (χ4v) is 3.80. The first-order chi connectivity index (χ1) is 9.58. The van der Waals surface area contributed by atoms with Gasteiger partial charge >= 0.3 is 5.97 Å². The topological polar surface area (TPSA) is 52.3 Å². The summed E-state index contributed by atoms with van der Waals surface area (Å²) in [6.45, 7) is 2.73. The second-order valence-corrected chi connectivity index (χ2v) is 6.89. The van der Waals surface area contributed by atoms with Crippen molar-refractivity contribution in [2.75, 3.05) is 19.4 Å². The van der Waals surface area contributed by atoms with Crippen LogP contribution in [-0.4, -0.2) is 25.4 Å². The third-order valence-corrected chi connectivity index (χ3v) is 5.57. The summed E-state index contributed by atoms with van der Waals surface area (Å²) in [6, 6.07) is 8.51. The molecule has 1 saturated carbocycles. The number of ether oxygens (including phenoxy) is 1. The van der Waals surface area contributed by atoms with Crippen LogP contribution in [0.15, 0.2) is 24.3 Å². The molecule has 0 aliphatic heterocycles. The Balaban J connectivity index is 1.93. The van der Waals surface area contributed by atoms with E-state index >= 15 is 0 Å². The predicted molar refractivity (Wildman–Crippen MR) is 83.7 cm³/mol. The maximum Gasteiger partial charge on any atom is 0.306 e. The second-order valence-electron chi connectivity index (χ2n) is 5.70. The third-order valence-electron chi connectivity index (χ3n) is 3.92. The zero-order chi connectivity index (χ0) is 14.6. The molecule has 4 heteroatoms. The summed E-state index contributed by atoms with van der Waals surface area (Å²) in [5.74, 6) is 0.890. The van der Waals surface area contributed by atoms with E-state index in [1.165, 1.54) is 18.2 Å². The standard InChI is InChI=1S/C16H23NO2S/c1-12-4-3-5-13(8-12)14(10-17)20-11-16(6-7-16)9-15(18)19-2/h3-5,8,14H,6-7,9-11,17H2,1-2H3. The van der Waals surface area contributed by atoms with Gasteiger partial charge in [0.1, 0.15) is 0 Å². The average Bonchev–Trinajstić information content (AvgIpc) is 3.19. The molecule has 2 rings (SSSR count). The molecule has 1 aromatic rings. The van der Waals surface area contributed by atoms with E-state index in [0.29, 0.717) is 18.2 Å². The van der Waals surface area contributed by atoms with Crippen molar-refractivity contribution < 1.29 is 9.53 Å². The van der Waals surface area contributed by atoms with Gasteiger partial charge in [-0.2, -0.15) is 11.8 Å². The minimum atomic E-state index is -0.0945. The number of thioether (sulfide) groups is 1. The maximum atomic E-state index is 11.4. The molecule has 1 aromatic carbocycles. The number of carbonyl (C=O) groups is 1. The summed E-state index contributed by atoms with van der Waals surface area (Å²) in [6.07, 6.45) is 2.79. The molecular weight excluding hydrogens is 270 g/mol. The van der Waals surface area contributed by atoms with Crippen molar-refractivity contribution in [2.45, 2.75) is 31.4 Å². The van der Waals surface area contributed by atoms with E-state index in [9.17, 15) is 4.79 Å². The van der Waals surface area contributed by atoms with Crippen LogP contribution in [0.5, 0.6) is 0 Å². The predicted octanol–water partition coefficient (Wildman–Crippen LogP) is 3.07. The van der Waals surface area contributed by atoms with Gasteiger partial charge in [0.2, 0.25) is 0 Å². The van der Waals surface area contributed by atoms with Gasteiger partial charge in [-0.15, -0.1) is 0 Å². The van der Waals surface area contributed by atoms with Crippen molar-refractivity contribution in [1.29, 1.82) is 0 Å². The Morgan fingerprint density at radius 2 is 2.25 bits per heavy atom. The van der Waals surface area contributed by atoms with Crippen molar-refractivity contribution in [2.24, 2.45) is 11.1 Å². The summed E-state index contributed by atoms with van der Waals surface area (Å²) in [7, 11) is 1.46. The quantitative estimate of drug-likeness (QED) is 0.785. The highest BCUT2D eigenvalue weighted by Crippen LogP contribution is 2.52. The van der Waals surface area contributed by atoms with Gasteiger partial charge < -0.3 is 10.5 Å². The van der Waals surface area contributed by atoms with E-state index < -0.39 is 0 Å². The fraction of sp³-hybridized carbons (Fsp3) is 0.562. The highest BCUT2D eigenvalue weighted by atomic mass is 32.2. The molecule has 0 aromatic heterocycles. The molecular formula is C16H23NO2S. The minimum absolute atomic E-state index is 0.0945. The zero-order valence-corrected chi connectivity index (χ0v) is 13.0. The monoisotopic (exact) mass is 293 g/mol. The number of esters is 1. The maximum absolute atomic E-state index is 11.4. The van der Waals surface area contributed by atoms with Gasteiger partial charge in [0.05, 0.1) is 13.5 Å². The minimum Gasteiger partial charge on any atom is -0.469 e. The first-order valence-corrected chi connectivity index (χ1v) is 8.08.